The van der Waals surface area contributed by atoms with E-state index in [2.05, 4.69) is 20.5 Å². The Morgan fingerprint density at radius 3 is 2.53 bits per heavy atom. The lowest BCUT2D eigenvalue weighted by molar-refractivity contribution is 0.441. The lowest BCUT2D eigenvalue weighted by Gasteiger charge is -2.14. The molecule has 0 nitrogen and oxygen atoms in total. The first kappa shape index (κ1) is 16.6. The van der Waals surface area contributed by atoms with Crippen LogP contribution in [0.15, 0.2) is 18.2 Å². The summed E-state index contributed by atoms with van der Waals surface area (Å²) >= 11 is 0. The Kier molecular flexibility index (Phi) is 7.53. The molecule has 0 N–H and O–H groups in total. The van der Waals surface area contributed by atoms with Gasteiger partial charge in [0.2, 0.25) is 0 Å². The van der Waals surface area contributed by atoms with Gasteiger partial charge in [-0.15, -0.1) is 0 Å². The Labute approximate surface area is 117 Å². The summed E-state index contributed by atoms with van der Waals surface area (Å²) in [7, 11) is -0.964. The molecule has 0 aromatic heterocycles. The van der Waals surface area contributed by atoms with Gasteiger partial charge in [-0.25, -0.2) is 8.78 Å². The maximum Gasteiger partial charge on any atom is 0.165 e. The molecule has 0 radical (unpaired) electrons. The van der Waals surface area contributed by atoms with Crippen molar-refractivity contribution in [3.8, 4) is 0 Å². The van der Waals surface area contributed by atoms with Gasteiger partial charge in [0.05, 0.1) is 12.8 Å². The summed E-state index contributed by atoms with van der Waals surface area (Å²) in [6.07, 6.45) is 7.16. The first-order valence-electron chi connectivity index (χ1n) is 7.36. The first-order valence-corrected chi connectivity index (χ1v) is 9.57. The Morgan fingerprint density at radius 1 is 1.16 bits per heavy atom. The minimum Gasteiger partial charge on any atom is -0.207 e. The van der Waals surface area contributed by atoms with E-state index < -0.39 is 7.92 Å². The standard InChI is InChI=1S/C16H25F2P/c1-4-6-7-13(5-2)10-11-19(3)16-12-14(17)8-9-15(16)18/h8-9,12-13H,4-7,10-11H2,1-3H3/p+1. The van der Waals surface area contributed by atoms with Crippen molar-refractivity contribution >= 4 is 13.2 Å². The molecule has 0 fully saturated rings. The quantitative estimate of drug-likeness (QED) is 0.588. The maximum atomic E-state index is 13.7. The van der Waals surface area contributed by atoms with E-state index in [1.165, 1.54) is 43.9 Å². The topological polar surface area (TPSA) is 0 Å². The molecular weight excluding hydrogens is 261 g/mol. The van der Waals surface area contributed by atoms with Gasteiger partial charge in [-0.3, -0.25) is 0 Å². The molecule has 108 valence electrons. The molecule has 0 saturated carbocycles. The van der Waals surface area contributed by atoms with Gasteiger partial charge in [-0.05, 0) is 24.5 Å². The summed E-state index contributed by atoms with van der Waals surface area (Å²) in [6, 6.07) is 3.84. The van der Waals surface area contributed by atoms with Crippen molar-refractivity contribution in [3.05, 3.63) is 29.8 Å². The highest BCUT2D eigenvalue weighted by atomic mass is 31.1. The lowest BCUT2D eigenvalue weighted by Crippen LogP contribution is -2.11. The van der Waals surface area contributed by atoms with Gasteiger partial charge in [0.25, 0.3) is 0 Å². The predicted molar refractivity (Wildman–Crippen MR) is 83.0 cm³/mol. The molecule has 2 atom stereocenters. The van der Waals surface area contributed by atoms with Crippen LogP contribution in [-0.2, 0) is 0 Å². The zero-order valence-electron chi connectivity index (χ0n) is 12.3. The molecule has 1 aromatic rings. The van der Waals surface area contributed by atoms with Gasteiger partial charge in [-0.2, -0.15) is 0 Å². The number of unbranched alkanes of at least 4 members (excludes halogenated alkanes) is 1. The van der Waals surface area contributed by atoms with Crippen LogP contribution in [-0.4, -0.2) is 12.8 Å². The van der Waals surface area contributed by atoms with E-state index in [1.807, 2.05) is 0 Å². The van der Waals surface area contributed by atoms with Crippen LogP contribution < -0.4 is 5.30 Å². The number of hydrogen-bond donors (Lipinski definition) is 0. The van der Waals surface area contributed by atoms with Gasteiger partial charge < -0.3 is 0 Å². The highest BCUT2D eigenvalue weighted by molar-refractivity contribution is 7.64. The summed E-state index contributed by atoms with van der Waals surface area (Å²) in [4.78, 5) is 0. The third-order valence-electron chi connectivity index (χ3n) is 3.86. The van der Waals surface area contributed by atoms with Crippen molar-refractivity contribution < 1.29 is 8.78 Å². The van der Waals surface area contributed by atoms with Gasteiger partial charge in [0, 0.05) is 14.0 Å². The van der Waals surface area contributed by atoms with Crippen molar-refractivity contribution in [1.29, 1.82) is 0 Å². The molecule has 0 aliphatic rings. The van der Waals surface area contributed by atoms with Crippen LogP contribution in [0.25, 0.3) is 0 Å². The number of hydrogen-bond acceptors (Lipinski definition) is 0. The molecule has 3 heteroatoms. The van der Waals surface area contributed by atoms with Crippen LogP contribution in [0.4, 0.5) is 8.78 Å². The van der Waals surface area contributed by atoms with E-state index in [0.29, 0.717) is 5.30 Å². The van der Waals surface area contributed by atoms with Crippen LogP contribution in [0.3, 0.4) is 0 Å². The fourth-order valence-electron chi connectivity index (χ4n) is 2.43. The minimum atomic E-state index is -0.964. The Bertz CT molecular complexity index is 379. The fraction of sp³-hybridized carbons (Fsp3) is 0.625. The maximum absolute atomic E-state index is 13.7. The highest BCUT2D eigenvalue weighted by Crippen LogP contribution is 2.34. The third-order valence-corrected chi connectivity index (χ3v) is 6.20. The molecule has 0 amide bonds. The van der Waals surface area contributed by atoms with Gasteiger partial charge in [0.1, 0.15) is 11.1 Å². The molecule has 2 unspecified atom stereocenters. The molecule has 0 aliphatic heterocycles. The van der Waals surface area contributed by atoms with E-state index in [0.717, 1.165) is 18.5 Å². The third kappa shape index (κ3) is 5.57. The SMILES string of the molecule is CCCCC(CC)CC[PH+](C)c1cc(F)ccc1F. The van der Waals surface area contributed by atoms with Crippen LogP contribution in [0, 0.1) is 17.6 Å². The minimum absolute atomic E-state index is 0.237. The summed E-state index contributed by atoms with van der Waals surface area (Å²) in [5.74, 6) is 0.190. The molecule has 0 aliphatic carbocycles. The van der Waals surface area contributed by atoms with E-state index in [4.69, 9.17) is 0 Å². The summed E-state index contributed by atoms with van der Waals surface area (Å²) < 4.78 is 26.9. The monoisotopic (exact) mass is 287 g/mol. The average Bonchev–Trinajstić information content (AvgIpc) is 2.41. The number of rotatable bonds is 8. The second-order valence-electron chi connectivity index (χ2n) is 5.36. The summed E-state index contributed by atoms with van der Waals surface area (Å²) in [5, 5.41) is 0.621. The average molecular weight is 287 g/mol. The summed E-state index contributed by atoms with van der Waals surface area (Å²) in [6.45, 7) is 6.53. The molecule has 19 heavy (non-hydrogen) atoms. The Morgan fingerprint density at radius 2 is 1.89 bits per heavy atom. The van der Waals surface area contributed by atoms with Gasteiger partial charge in [-0.1, -0.05) is 39.5 Å². The smallest absolute Gasteiger partial charge is 0.165 e. The van der Waals surface area contributed by atoms with Crippen molar-refractivity contribution in [3.63, 3.8) is 0 Å². The van der Waals surface area contributed by atoms with E-state index in [-0.39, 0.29) is 11.6 Å². The molecule has 1 aromatic carbocycles. The Balaban J connectivity index is 2.54. The molecule has 0 saturated heterocycles. The highest BCUT2D eigenvalue weighted by Gasteiger charge is 2.20. The number of halogens is 2. The Hall–Kier alpha value is -0.490. The fourth-order valence-corrected chi connectivity index (χ4v) is 4.41. The van der Waals surface area contributed by atoms with Crippen LogP contribution in [0.2, 0.25) is 0 Å². The zero-order valence-corrected chi connectivity index (χ0v) is 13.3. The van der Waals surface area contributed by atoms with Crippen molar-refractivity contribution in [2.24, 2.45) is 5.92 Å². The second kappa shape index (κ2) is 8.64. The largest absolute Gasteiger partial charge is 0.207 e. The van der Waals surface area contributed by atoms with E-state index >= 15 is 0 Å². The molecule has 0 heterocycles. The van der Waals surface area contributed by atoms with Crippen LogP contribution >= 0.6 is 7.92 Å². The van der Waals surface area contributed by atoms with E-state index in [1.54, 1.807) is 0 Å². The van der Waals surface area contributed by atoms with Crippen molar-refractivity contribution in [1.82, 2.24) is 0 Å². The zero-order chi connectivity index (χ0) is 14.3. The predicted octanol–water partition coefficient (Wildman–Crippen LogP) is 5.04. The molecule has 1 rings (SSSR count). The lowest BCUT2D eigenvalue weighted by atomic mass is 9.97. The van der Waals surface area contributed by atoms with Gasteiger partial charge >= 0.3 is 0 Å². The van der Waals surface area contributed by atoms with Crippen LogP contribution in [0.5, 0.6) is 0 Å². The summed E-state index contributed by atoms with van der Waals surface area (Å²) in [5.41, 5.74) is 0. The molecular formula is C16H26F2P+. The molecule has 0 spiro atoms. The second-order valence-corrected chi connectivity index (χ2v) is 7.96. The first-order chi connectivity index (χ1) is 9.08. The molecule has 0 bridgehead atoms. The van der Waals surface area contributed by atoms with E-state index in [9.17, 15) is 8.78 Å². The van der Waals surface area contributed by atoms with Gasteiger partial charge in [0.15, 0.2) is 5.82 Å². The normalized spacial score (nSPS) is 14.4. The van der Waals surface area contributed by atoms with Crippen LogP contribution in [0.1, 0.15) is 46.0 Å². The van der Waals surface area contributed by atoms with Crippen molar-refractivity contribution in [2.45, 2.75) is 46.0 Å². The van der Waals surface area contributed by atoms with Crippen molar-refractivity contribution in [2.75, 3.05) is 12.8 Å². The number of benzene rings is 1.